The topological polar surface area (TPSA) is 85.6 Å². The number of carbonyl (C=O) groups is 2. The van der Waals surface area contributed by atoms with Crippen LogP contribution in [0.2, 0.25) is 0 Å². The van der Waals surface area contributed by atoms with Crippen LogP contribution in [0.4, 0.5) is 4.79 Å². The minimum absolute atomic E-state index is 0.0424. The molecule has 0 aliphatic carbocycles. The highest BCUT2D eigenvalue weighted by molar-refractivity contribution is 5.84. The summed E-state index contributed by atoms with van der Waals surface area (Å²) >= 11 is 0. The molecule has 0 unspecified atom stereocenters. The molecule has 0 saturated carbocycles. The normalized spacial score (nSPS) is 10.6. The average Bonchev–Trinajstić information content (AvgIpc) is 2.50. The molecule has 0 aliphatic heterocycles. The molecular formula is C18H17NO5. The summed E-state index contributed by atoms with van der Waals surface area (Å²) in [5, 5.41) is 2.80. The molecule has 24 heavy (non-hydrogen) atoms. The quantitative estimate of drug-likeness (QED) is 0.676. The lowest BCUT2D eigenvalue weighted by molar-refractivity contribution is 0.0535. The largest absolute Gasteiger partial charge is 0.463 e. The van der Waals surface area contributed by atoms with Gasteiger partial charge in [0.05, 0.1) is 17.5 Å². The van der Waals surface area contributed by atoms with Crippen molar-refractivity contribution in [1.29, 1.82) is 0 Å². The zero-order valence-electron chi connectivity index (χ0n) is 13.6. The summed E-state index contributed by atoms with van der Waals surface area (Å²) in [5.41, 5.74) is -0.0620. The number of hydrogen-bond donors (Lipinski definition) is 1. The fraction of sp³-hybridized carbons (Fsp3) is 0.278. The summed E-state index contributed by atoms with van der Waals surface area (Å²) < 4.78 is 10.3. The highest BCUT2D eigenvalue weighted by Crippen LogP contribution is 2.12. The molecule has 0 atom stereocenters. The lowest BCUT2D eigenvalue weighted by Crippen LogP contribution is -2.32. The molecule has 0 saturated heterocycles. The number of aldehydes is 1. The van der Waals surface area contributed by atoms with Gasteiger partial charge in [-0.1, -0.05) is 11.8 Å². The summed E-state index contributed by atoms with van der Waals surface area (Å²) in [6.45, 7) is 5.42. The van der Waals surface area contributed by atoms with Gasteiger partial charge in [-0.25, -0.2) is 4.79 Å². The molecular weight excluding hydrogens is 310 g/mol. The Bertz CT molecular complexity index is 893. The van der Waals surface area contributed by atoms with Crippen LogP contribution in [-0.4, -0.2) is 24.5 Å². The molecule has 0 fully saturated rings. The lowest BCUT2D eigenvalue weighted by atomic mass is 10.1. The van der Waals surface area contributed by atoms with E-state index in [9.17, 15) is 14.4 Å². The Labute approximate surface area is 138 Å². The minimum Gasteiger partial charge on any atom is -0.463 e. The van der Waals surface area contributed by atoms with E-state index in [0.717, 1.165) is 6.26 Å². The second-order valence-electron chi connectivity index (χ2n) is 6.01. The van der Waals surface area contributed by atoms with Gasteiger partial charge in [-0.05, 0) is 39.0 Å². The molecule has 2 aromatic rings. The van der Waals surface area contributed by atoms with E-state index in [1.54, 1.807) is 39.0 Å². The molecule has 1 aromatic heterocycles. The first-order chi connectivity index (χ1) is 11.3. The van der Waals surface area contributed by atoms with Gasteiger partial charge in [0.15, 0.2) is 6.29 Å². The van der Waals surface area contributed by atoms with E-state index in [1.807, 2.05) is 0 Å². The summed E-state index contributed by atoms with van der Waals surface area (Å²) in [7, 11) is 0. The van der Waals surface area contributed by atoms with E-state index in [-0.39, 0.29) is 17.5 Å². The Morgan fingerprint density at radius 3 is 2.79 bits per heavy atom. The van der Waals surface area contributed by atoms with Gasteiger partial charge in [-0.15, -0.1) is 0 Å². The van der Waals surface area contributed by atoms with Crippen molar-refractivity contribution in [3.8, 4) is 11.8 Å². The highest BCUT2D eigenvalue weighted by atomic mass is 16.6. The van der Waals surface area contributed by atoms with Gasteiger partial charge >= 0.3 is 6.09 Å². The first kappa shape index (κ1) is 17.3. The summed E-state index contributed by atoms with van der Waals surface area (Å²) in [6, 6.07) is 4.84. The molecule has 6 heteroatoms. The third-order valence-corrected chi connectivity index (χ3v) is 2.88. The molecule has 1 aromatic carbocycles. The van der Waals surface area contributed by atoms with Crippen molar-refractivity contribution in [1.82, 2.24) is 5.32 Å². The van der Waals surface area contributed by atoms with E-state index in [2.05, 4.69) is 17.2 Å². The molecule has 0 bridgehead atoms. The number of rotatable bonds is 2. The van der Waals surface area contributed by atoms with Crippen molar-refractivity contribution in [3.63, 3.8) is 0 Å². The van der Waals surface area contributed by atoms with Crippen LogP contribution in [0.3, 0.4) is 0 Å². The third-order valence-electron chi connectivity index (χ3n) is 2.88. The maximum absolute atomic E-state index is 12.1. The second-order valence-corrected chi connectivity index (χ2v) is 6.01. The van der Waals surface area contributed by atoms with Crippen molar-refractivity contribution in [2.45, 2.75) is 26.4 Å². The number of amides is 1. The molecule has 124 valence electrons. The fourth-order valence-electron chi connectivity index (χ4n) is 1.88. The Kier molecular flexibility index (Phi) is 5.05. The maximum atomic E-state index is 12.1. The lowest BCUT2D eigenvalue weighted by Gasteiger charge is -2.18. The molecule has 1 N–H and O–H groups in total. The fourth-order valence-corrected chi connectivity index (χ4v) is 1.88. The van der Waals surface area contributed by atoms with Crippen LogP contribution in [0.1, 0.15) is 36.7 Å². The Morgan fingerprint density at radius 1 is 1.38 bits per heavy atom. The highest BCUT2D eigenvalue weighted by Gasteiger charge is 2.15. The number of ether oxygens (including phenoxy) is 1. The van der Waals surface area contributed by atoms with E-state index in [1.165, 1.54) is 0 Å². The van der Waals surface area contributed by atoms with Crippen LogP contribution in [0, 0.1) is 11.8 Å². The van der Waals surface area contributed by atoms with Gasteiger partial charge < -0.3 is 14.5 Å². The molecule has 0 spiro atoms. The van der Waals surface area contributed by atoms with E-state index in [4.69, 9.17) is 9.15 Å². The van der Waals surface area contributed by atoms with E-state index >= 15 is 0 Å². The van der Waals surface area contributed by atoms with Gasteiger partial charge in [-0.3, -0.25) is 9.59 Å². The molecule has 0 aliphatic rings. The SMILES string of the molecule is CC(C)(C)OC(=O)NCC#Cc1ccc2occ(C=O)c(=O)c2c1. The van der Waals surface area contributed by atoms with Crippen molar-refractivity contribution in [2.24, 2.45) is 0 Å². The van der Waals surface area contributed by atoms with Crippen LogP contribution in [0.15, 0.2) is 33.7 Å². The summed E-state index contributed by atoms with van der Waals surface area (Å²) in [5.74, 6) is 5.60. The van der Waals surface area contributed by atoms with Crippen LogP contribution >= 0.6 is 0 Å². The Balaban J connectivity index is 2.11. The second kappa shape index (κ2) is 7.01. The number of alkyl carbamates (subject to hydrolysis) is 1. The van der Waals surface area contributed by atoms with E-state index in [0.29, 0.717) is 17.4 Å². The zero-order chi connectivity index (χ0) is 17.7. The van der Waals surface area contributed by atoms with Crippen LogP contribution in [-0.2, 0) is 4.74 Å². The number of hydrogen-bond acceptors (Lipinski definition) is 5. The Morgan fingerprint density at radius 2 is 2.12 bits per heavy atom. The smallest absolute Gasteiger partial charge is 0.408 e. The zero-order valence-corrected chi connectivity index (χ0v) is 13.6. The van der Waals surface area contributed by atoms with Crippen molar-refractivity contribution in [2.75, 3.05) is 6.54 Å². The predicted molar refractivity (Wildman–Crippen MR) is 89.0 cm³/mol. The van der Waals surface area contributed by atoms with Gasteiger partial charge in [0.1, 0.15) is 17.4 Å². The molecule has 2 rings (SSSR count). The van der Waals surface area contributed by atoms with Gasteiger partial charge in [0.2, 0.25) is 5.43 Å². The van der Waals surface area contributed by atoms with Crippen LogP contribution in [0.5, 0.6) is 0 Å². The standard InChI is InChI=1S/C18H17NO5/c1-18(2,3)24-17(22)19-8-4-5-12-6-7-15-14(9-12)16(21)13(10-20)11-23-15/h6-7,9-11H,8H2,1-3H3,(H,19,22). The van der Waals surface area contributed by atoms with Crippen LogP contribution < -0.4 is 10.7 Å². The molecule has 6 nitrogen and oxygen atoms in total. The predicted octanol–water partition coefficient (Wildman–Crippen LogP) is 2.48. The number of benzene rings is 1. The summed E-state index contributed by atoms with van der Waals surface area (Å²) in [6.07, 6.45) is 1.04. The number of nitrogens with one attached hydrogen (secondary N) is 1. The van der Waals surface area contributed by atoms with Gasteiger partial charge in [0, 0.05) is 5.56 Å². The van der Waals surface area contributed by atoms with Crippen molar-refractivity contribution < 1.29 is 18.7 Å². The number of carbonyl (C=O) groups excluding carboxylic acids is 2. The first-order valence-corrected chi connectivity index (χ1v) is 7.26. The first-order valence-electron chi connectivity index (χ1n) is 7.26. The molecule has 1 heterocycles. The molecule has 0 radical (unpaired) electrons. The maximum Gasteiger partial charge on any atom is 0.408 e. The van der Waals surface area contributed by atoms with Gasteiger partial charge in [-0.2, -0.15) is 0 Å². The Hall–Kier alpha value is -3.07. The summed E-state index contributed by atoms with van der Waals surface area (Å²) in [4.78, 5) is 34.3. The number of fused-ring (bicyclic) bond motifs is 1. The molecule has 1 amide bonds. The average molecular weight is 327 g/mol. The third kappa shape index (κ3) is 4.46. The minimum atomic E-state index is -0.569. The van der Waals surface area contributed by atoms with Crippen LogP contribution in [0.25, 0.3) is 11.0 Å². The van der Waals surface area contributed by atoms with Crippen molar-refractivity contribution >= 4 is 23.3 Å². The monoisotopic (exact) mass is 327 g/mol. The van der Waals surface area contributed by atoms with Gasteiger partial charge in [0.25, 0.3) is 0 Å². The van der Waals surface area contributed by atoms with E-state index < -0.39 is 17.1 Å². The van der Waals surface area contributed by atoms with Crippen molar-refractivity contribution in [3.05, 3.63) is 45.8 Å².